The number of phenolic OH excluding ortho intramolecular Hbond substituents is 2. The molecule has 2 amide bonds. The van der Waals surface area contributed by atoms with Crippen LogP contribution in [-0.4, -0.2) is 28.2 Å². The molecule has 0 fully saturated rings. The van der Waals surface area contributed by atoms with E-state index in [4.69, 9.17) is 0 Å². The van der Waals surface area contributed by atoms with E-state index in [0.29, 0.717) is 11.1 Å². The fourth-order valence-electron chi connectivity index (χ4n) is 1.82. The molecule has 2 aromatic carbocycles. The zero-order valence-electron chi connectivity index (χ0n) is 11.9. The highest BCUT2D eigenvalue weighted by Gasteiger charge is 2.13. The zero-order chi connectivity index (χ0) is 16.1. The molecule has 0 aliphatic rings. The minimum absolute atomic E-state index is 0.0743. The van der Waals surface area contributed by atoms with Gasteiger partial charge in [0, 0.05) is 11.1 Å². The van der Waals surface area contributed by atoms with E-state index in [9.17, 15) is 19.8 Å². The lowest BCUT2D eigenvalue weighted by Gasteiger charge is -2.16. The van der Waals surface area contributed by atoms with Gasteiger partial charge in [-0.1, -0.05) is 0 Å². The average molecular weight is 300 g/mol. The van der Waals surface area contributed by atoms with Crippen molar-refractivity contribution in [2.45, 2.75) is 13.1 Å². The van der Waals surface area contributed by atoms with Gasteiger partial charge in [0.25, 0.3) is 11.8 Å². The predicted molar refractivity (Wildman–Crippen MR) is 80.6 cm³/mol. The normalized spacial score (nSPS) is 10.3. The molecule has 0 saturated carbocycles. The van der Waals surface area contributed by atoms with E-state index in [-0.39, 0.29) is 23.3 Å². The van der Waals surface area contributed by atoms with Crippen molar-refractivity contribution >= 4 is 11.8 Å². The Morgan fingerprint density at radius 1 is 0.773 bits per heavy atom. The predicted octanol–water partition coefficient (Wildman–Crippen LogP) is 1.60. The van der Waals surface area contributed by atoms with E-state index in [2.05, 4.69) is 10.6 Å². The molecule has 0 radical (unpaired) electrons. The highest BCUT2D eigenvalue weighted by Crippen LogP contribution is 2.10. The minimum Gasteiger partial charge on any atom is -0.508 e. The van der Waals surface area contributed by atoms with E-state index < -0.39 is 6.17 Å². The number of amides is 2. The molecule has 22 heavy (non-hydrogen) atoms. The summed E-state index contributed by atoms with van der Waals surface area (Å²) in [6.45, 7) is 1.64. The monoisotopic (exact) mass is 300 g/mol. The number of nitrogens with one attached hydrogen (secondary N) is 2. The van der Waals surface area contributed by atoms with Gasteiger partial charge in [-0.25, -0.2) is 0 Å². The van der Waals surface area contributed by atoms with Gasteiger partial charge in [0.2, 0.25) is 0 Å². The van der Waals surface area contributed by atoms with Gasteiger partial charge in [0.1, 0.15) is 11.5 Å². The third-order valence-electron chi connectivity index (χ3n) is 2.95. The quantitative estimate of drug-likeness (QED) is 0.645. The summed E-state index contributed by atoms with van der Waals surface area (Å²) in [5.41, 5.74) is 0.757. The molecule has 0 heterocycles. The summed E-state index contributed by atoms with van der Waals surface area (Å²) in [6.07, 6.45) is -0.581. The third kappa shape index (κ3) is 3.99. The molecule has 0 aliphatic carbocycles. The Labute approximate surface area is 127 Å². The van der Waals surface area contributed by atoms with Crippen molar-refractivity contribution in [3.8, 4) is 11.5 Å². The van der Waals surface area contributed by atoms with Gasteiger partial charge in [-0.3, -0.25) is 9.59 Å². The van der Waals surface area contributed by atoms with Crippen molar-refractivity contribution in [1.82, 2.24) is 10.6 Å². The van der Waals surface area contributed by atoms with Gasteiger partial charge in [-0.05, 0) is 55.5 Å². The molecule has 6 nitrogen and oxygen atoms in total. The van der Waals surface area contributed by atoms with Crippen LogP contribution in [0.3, 0.4) is 0 Å². The van der Waals surface area contributed by atoms with Crippen molar-refractivity contribution in [2.24, 2.45) is 0 Å². The number of carbonyl (C=O) groups excluding carboxylic acids is 2. The van der Waals surface area contributed by atoms with Gasteiger partial charge in [0.05, 0.1) is 6.17 Å². The van der Waals surface area contributed by atoms with Crippen LogP contribution >= 0.6 is 0 Å². The largest absolute Gasteiger partial charge is 0.508 e. The first kappa shape index (κ1) is 15.4. The number of aromatic hydroxyl groups is 2. The number of benzene rings is 2. The fourth-order valence-corrected chi connectivity index (χ4v) is 1.82. The fraction of sp³-hybridized carbons (Fsp3) is 0.125. The molecular formula is C16H16N2O4. The topological polar surface area (TPSA) is 98.7 Å². The summed E-state index contributed by atoms with van der Waals surface area (Å²) in [4.78, 5) is 23.9. The van der Waals surface area contributed by atoms with Crippen molar-refractivity contribution < 1.29 is 19.8 Å². The molecule has 0 spiro atoms. The van der Waals surface area contributed by atoms with Gasteiger partial charge in [-0.15, -0.1) is 0 Å². The standard InChI is InChI=1S/C16H16N2O4/c1-10(17-15(21)11-2-6-13(19)7-3-11)18-16(22)12-4-8-14(20)9-5-12/h2-10,19-20H,1H3,(H,17,21)(H,18,22). The van der Waals surface area contributed by atoms with E-state index in [1.165, 1.54) is 48.5 Å². The van der Waals surface area contributed by atoms with E-state index in [1.54, 1.807) is 6.92 Å². The van der Waals surface area contributed by atoms with Gasteiger partial charge < -0.3 is 20.8 Å². The number of phenols is 2. The van der Waals surface area contributed by atoms with Crippen LogP contribution in [0.15, 0.2) is 48.5 Å². The van der Waals surface area contributed by atoms with Crippen LogP contribution in [-0.2, 0) is 0 Å². The lowest BCUT2D eigenvalue weighted by molar-refractivity contribution is 0.0891. The number of carbonyl (C=O) groups is 2. The lowest BCUT2D eigenvalue weighted by Crippen LogP contribution is -2.45. The molecule has 4 N–H and O–H groups in total. The molecule has 2 aromatic rings. The molecule has 0 unspecified atom stereocenters. The van der Waals surface area contributed by atoms with Gasteiger partial charge >= 0.3 is 0 Å². The molecule has 0 aliphatic heterocycles. The van der Waals surface area contributed by atoms with Crippen LogP contribution in [0, 0.1) is 0 Å². The summed E-state index contributed by atoms with van der Waals surface area (Å²) < 4.78 is 0. The van der Waals surface area contributed by atoms with Crippen LogP contribution in [0.1, 0.15) is 27.6 Å². The summed E-state index contributed by atoms with van der Waals surface area (Å²) in [6, 6.07) is 11.6. The summed E-state index contributed by atoms with van der Waals surface area (Å²) in [7, 11) is 0. The SMILES string of the molecule is CC(NC(=O)c1ccc(O)cc1)NC(=O)c1ccc(O)cc1. The number of hydrogen-bond donors (Lipinski definition) is 4. The summed E-state index contributed by atoms with van der Waals surface area (Å²) in [5.74, 6) is -0.576. The first-order valence-electron chi connectivity index (χ1n) is 6.65. The highest BCUT2D eigenvalue weighted by molar-refractivity contribution is 5.96. The Balaban J connectivity index is 1.93. The van der Waals surface area contributed by atoms with Crippen molar-refractivity contribution in [3.63, 3.8) is 0 Å². The van der Waals surface area contributed by atoms with Crippen LogP contribution in [0.25, 0.3) is 0 Å². The molecule has 2 rings (SSSR count). The molecular weight excluding hydrogens is 284 g/mol. The molecule has 0 aromatic heterocycles. The minimum atomic E-state index is -0.581. The zero-order valence-corrected chi connectivity index (χ0v) is 11.9. The first-order valence-corrected chi connectivity index (χ1v) is 6.65. The molecule has 0 atom stereocenters. The molecule has 114 valence electrons. The third-order valence-corrected chi connectivity index (χ3v) is 2.95. The second kappa shape index (κ2) is 6.62. The van der Waals surface area contributed by atoms with Crippen LogP contribution in [0.5, 0.6) is 11.5 Å². The maximum Gasteiger partial charge on any atom is 0.252 e. The van der Waals surface area contributed by atoms with Crippen LogP contribution in [0.2, 0.25) is 0 Å². The van der Waals surface area contributed by atoms with Crippen molar-refractivity contribution in [1.29, 1.82) is 0 Å². The van der Waals surface area contributed by atoms with E-state index in [0.717, 1.165) is 0 Å². The maximum absolute atomic E-state index is 12.0. The van der Waals surface area contributed by atoms with Crippen LogP contribution in [0.4, 0.5) is 0 Å². The van der Waals surface area contributed by atoms with E-state index >= 15 is 0 Å². The molecule has 0 bridgehead atoms. The Hall–Kier alpha value is -3.02. The Kier molecular flexibility index (Phi) is 4.63. The second-order valence-corrected chi connectivity index (χ2v) is 4.76. The first-order chi connectivity index (χ1) is 10.5. The average Bonchev–Trinajstić information content (AvgIpc) is 2.48. The number of hydrogen-bond acceptors (Lipinski definition) is 4. The van der Waals surface area contributed by atoms with Gasteiger partial charge in [0.15, 0.2) is 0 Å². The van der Waals surface area contributed by atoms with Crippen LogP contribution < -0.4 is 10.6 Å². The second-order valence-electron chi connectivity index (χ2n) is 4.76. The Morgan fingerprint density at radius 3 is 1.41 bits per heavy atom. The summed E-state index contributed by atoms with van der Waals surface area (Å²) >= 11 is 0. The highest BCUT2D eigenvalue weighted by atomic mass is 16.3. The van der Waals surface area contributed by atoms with E-state index in [1.807, 2.05) is 0 Å². The lowest BCUT2D eigenvalue weighted by atomic mass is 10.2. The Bertz CT molecular complexity index is 606. The van der Waals surface area contributed by atoms with Gasteiger partial charge in [-0.2, -0.15) is 0 Å². The van der Waals surface area contributed by atoms with Crippen molar-refractivity contribution in [2.75, 3.05) is 0 Å². The number of rotatable bonds is 4. The summed E-state index contributed by atoms with van der Waals surface area (Å²) in [5, 5.41) is 23.6. The molecule has 6 heteroatoms. The Morgan fingerprint density at radius 2 is 1.09 bits per heavy atom. The maximum atomic E-state index is 12.0. The van der Waals surface area contributed by atoms with Crippen molar-refractivity contribution in [3.05, 3.63) is 59.7 Å². The smallest absolute Gasteiger partial charge is 0.252 e. The molecule has 0 saturated heterocycles.